The molecular formula is C22H30IN5O2. The molecule has 162 valence electrons. The number of benzene rings is 1. The maximum atomic E-state index is 5.61. The standard InChI is InChI=1S/C22H29N5O2.HI/c1-3-23-22(24-12-8-13-28-17-19-11-7-14-29-19)27(2)16-21-25-15-20(26-21)18-9-5-4-6-10-18;/h4-7,9-11,14-15H,3,8,12-13,16-17H2,1-2H3,(H,23,24)(H,25,26);1H. The van der Waals surface area contributed by atoms with Crippen LogP contribution in [-0.4, -0.2) is 47.6 Å². The number of furan rings is 1. The first kappa shape index (κ1) is 23.9. The number of aliphatic imine (C=N–C) groups is 1. The summed E-state index contributed by atoms with van der Waals surface area (Å²) in [5.41, 5.74) is 2.15. The first-order valence-corrected chi connectivity index (χ1v) is 9.95. The summed E-state index contributed by atoms with van der Waals surface area (Å²) in [7, 11) is 2.01. The Balaban J connectivity index is 0.00000320. The van der Waals surface area contributed by atoms with Gasteiger partial charge in [-0.1, -0.05) is 30.3 Å². The number of aromatic amines is 1. The van der Waals surface area contributed by atoms with Gasteiger partial charge in [0.05, 0.1) is 24.7 Å². The van der Waals surface area contributed by atoms with Crippen molar-refractivity contribution >= 4 is 29.9 Å². The molecule has 0 saturated carbocycles. The third-order valence-electron chi connectivity index (χ3n) is 4.33. The molecule has 8 heteroatoms. The third-order valence-corrected chi connectivity index (χ3v) is 4.33. The lowest BCUT2D eigenvalue weighted by molar-refractivity contribution is 0.105. The quantitative estimate of drug-likeness (QED) is 0.180. The molecule has 0 unspecified atom stereocenters. The summed E-state index contributed by atoms with van der Waals surface area (Å²) in [4.78, 5) is 14.7. The van der Waals surface area contributed by atoms with Crippen molar-refractivity contribution in [3.8, 4) is 11.3 Å². The number of guanidine groups is 1. The molecule has 7 nitrogen and oxygen atoms in total. The maximum Gasteiger partial charge on any atom is 0.194 e. The lowest BCUT2D eigenvalue weighted by atomic mass is 10.2. The van der Waals surface area contributed by atoms with Gasteiger partial charge in [0, 0.05) is 26.7 Å². The molecule has 30 heavy (non-hydrogen) atoms. The molecule has 2 heterocycles. The zero-order chi connectivity index (χ0) is 20.3. The van der Waals surface area contributed by atoms with Gasteiger partial charge in [0.2, 0.25) is 0 Å². The molecule has 0 amide bonds. The van der Waals surface area contributed by atoms with Crippen LogP contribution in [0.2, 0.25) is 0 Å². The van der Waals surface area contributed by atoms with Crippen molar-refractivity contribution in [2.75, 3.05) is 26.7 Å². The predicted octanol–water partition coefficient (Wildman–Crippen LogP) is 4.29. The molecule has 0 radical (unpaired) electrons. The Labute approximate surface area is 195 Å². The highest BCUT2D eigenvalue weighted by molar-refractivity contribution is 14.0. The van der Waals surface area contributed by atoms with E-state index in [1.807, 2.05) is 43.6 Å². The summed E-state index contributed by atoms with van der Waals surface area (Å²) >= 11 is 0. The van der Waals surface area contributed by atoms with Crippen LogP contribution in [0, 0.1) is 0 Å². The van der Waals surface area contributed by atoms with Crippen LogP contribution < -0.4 is 5.32 Å². The summed E-state index contributed by atoms with van der Waals surface area (Å²) < 4.78 is 10.9. The fraction of sp³-hybridized carbons (Fsp3) is 0.364. The zero-order valence-corrected chi connectivity index (χ0v) is 19.8. The van der Waals surface area contributed by atoms with Gasteiger partial charge in [0.1, 0.15) is 18.2 Å². The SMILES string of the molecule is CCNC(=NCCCOCc1ccco1)N(C)Cc1ncc(-c2ccccc2)[nH]1.I. The topological polar surface area (TPSA) is 78.7 Å². The fourth-order valence-corrected chi connectivity index (χ4v) is 2.90. The summed E-state index contributed by atoms with van der Waals surface area (Å²) in [6, 6.07) is 14.0. The van der Waals surface area contributed by atoms with Crippen molar-refractivity contribution in [3.05, 3.63) is 66.5 Å². The van der Waals surface area contributed by atoms with Gasteiger partial charge < -0.3 is 24.4 Å². The van der Waals surface area contributed by atoms with Gasteiger partial charge >= 0.3 is 0 Å². The van der Waals surface area contributed by atoms with Crippen molar-refractivity contribution in [1.82, 2.24) is 20.2 Å². The van der Waals surface area contributed by atoms with Gasteiger partial charge in [-0.2, -0.15) is 0 Å². The summed E-state index contributed by atoms with van der Waals surface area (Å²) in [6.07, 6.45) is 4.38. The second-order valence-corrected chi connectivity index (χ2v) is 6.69. The number of hydrogen-bond acceptors (Lipinski definition) is 4. The third kappa shape index (κ3) is 7.49. The van der Waals surface area contributed by atoms with E-state index < -0.39 is 0 Å². The molecule has 0 aliphatic rings. The summed E-state index contributed by atoms with van der Waals surface area (Å²) in [5, 5.41) is 3.33. The van der Waals surface area contributed by atoms with Crippen LogP contribution in [0.4, 0.5) is 0 Å². The molecule has 0 aliphatic heterocycles. The highest BCUT2D eigenvalue weighted by atomic mass is 127. The first-order chi connectivity index (χ1) is 14.3. The van der Waals surface area contributed by atoms with Crippen LogP contribution in [0.1, 0.15) is 24.9 Å². The fourth-order valence-electron chi connectivity index (χ4n) is 2.90. The number of nitrogens with zero attached hydrogens (tertiary/aromatic N) is 3. The molecule has 0 saturated heterocycles. The van der Waals surface area contributed by atoms with Gasteiger partial charge in [0.25, 0.3) is 0 Å². The van der Waals surface area contributed by atoms with Crippen molar-refractivity contribution in [1.29, 1.82) is 0 Å². The monoisotopic (exact) mass is 523 g/mol. The maximum absolute atomic E-state index is 5.61. The Morgan fingerprint density at radius 3 is 2.80 bits per heavy atom. The molecular weight excluding hydrogens is 493 g/mol. The summed E-state index contributed by atoms with van der Waals surface area (Å²) in [5.74, 6) is 2.60. The molecule has 3 rings (SSSR count). The van der Waals surface area contributed by atoms with Gasteiger partial charge in [0.15, 0.2) is 5.96 Å². The van der Waals surface area contributed by atoms with Crippen LogP contribution in [0.15, 0.2) is 64.3 Å². The molecule has 0 aliphatic carbocycles. The molecule has 3 aromatic rings. The van der Waals surface area contributed by atoms with E-state index in [9.17, 15) is 0 Å². The van der Waals surface area contributed by atoms with Crippen LogP contribution >= 0.6 is 24.0 Å². The Kier molecular flexibility index (Phi) is 10.4. The smallest absolute Gasteiger partial charge is 0.194 e. The highest BCUT2D eigenvalue weighted by Crippen LogP contribution is 2.16. The Bertz CT molecular complexity index is 865. The average molecular weight is 523 g/mol. The van der Waals surface area contributed by atoms with Crippen molar-refractivity contribution in [3.63, 3.8) is 0 Å². The van der Waals surface area contributed by atoms with E-state index in [2.05, 4.69) is 39.2 Å². The van der Waals surface area contributed by atoms with E-state index >= 15 is 0 Å². The second-order valence-electron chi connectivity index (χ2n) is 6.69. The predicted molar refractivity (Wildman–Crippen MR) is 130 cm³/mol. The first-order valence-electron chi connectivity index (χ1n) is 9.95. The molecule has 1 aromatic carbocycles. The van der Waals surface area contributed by atoms with E-state index in [-0.39, 0.29) is 24.0 Å². The van der Waals surface area contributed by atoms with E-state index in [1.54, 1.807) is 6.26 Å². The molecule has 0 spiro atoms. The molecule has 2 N–H and O–H groups in total. The van der Waals surface area contributed by atoms with Gasteiger partial charge in [-0.05, 0) is 31.0 Å². The number of hydrogen-bond donors (Lipinski definition) is 2. The summed E-state index contributed by atoms with van der Waals surface area (Å²) in [6.45, 7) is 5.36. The van der Waals surface area contributed by atoms with Crippen molar-refractivity contribution in [2.24, 2.45) is 4.99 Å². The molecule has 0 fully saturated rings. The average Bonchev–Trinajstić information content (AvgIpc) is 3.42. The lowest BCUT2D eigenvalue weighted by Crippen LogP contribution is -2.38. The van der Waals surface area contributed by atoms with E-state index in [1.165, 1.54) is 0 Å². The van der Waals surface area contributed by atoms with Crippen LogP contribution in [0.25, 0.3) is 11.3 Å². The van der Waals surface area contributed by atoms with Crippen molar-refractivity contribution < 1.29 is 9.15 Å². The number of nitrogens with one attached hydrogen (secondary N) is 2. The van der Waals surface area contributed by atoms with Gasteiger partial charge in [-0.3, -0.25) is 4.99 Å². The largest absolute Gasteiger partial charge is 0.467 e. The van der Waals surface area contributed by atoms with E-state index in [0.717, 1.165) is 41.8 Å². The Morgan fingerprint density at radius 1 is 1.23 bits per heavy atom. The Morgan fingerprint density at radius 2 is 2.07 bits per heavy atom. The van der Waals surface area contributed by atoms with E-state index in [4.69, 9.17) is 14.1 Å². The normalized spacial score (nSPS) is 11.2. The van der Waals surface area contributed by atoms with Crippen molar-refractivity contribution in [2.45, 2.75) is 26.5 Å². The van der Waals surface area contributed by atoms with E-state index in [0.29, 0.717) is 26.3 Å². The van der Waals surface area contributed by atoms with Gasteiger partial charge in [-0.25, -0.2) is 4.98 Å². The van der Waals surface area contributed by atoms with Crippen LogP contribution in [0.3, 0.4) is 0 Å². The number of halogens is 1. The van der Waals surface area contributed by atoms with Crippen LogP contribution in [-0.2, 0) is 17.9 Å². The molecule has 0 bridgehead atoms. The number of aromatic nitrogens is 2. The minimum Gasteiger partial charge on any atom is -0.467 e. The number of H-pyrrole nitrogens is 1. The minimum atomic E-state index is 0. The minimum absolute atomic E-state index is 0. The molecule has 2 aromatic heterocycles. The number of rotatable bonds is 10. The second kappa shape index (κ2) is 13.1. The Hall–Kier alpha value is -2.33. The molecule has 0 atom stereocenters. The highest BCUT2D eigenvalue weighted by Gasteiger charge is 2.09. The van der Waals surface area contributed by atoms with Crippen LogP contribution in [0.5, 0.6) is 0 Å². The van der Waals surface area contributed by atoms with Gasteiger partial charge in [-0.15, -0.1) is 24.0 Å². The number of imidazole rings is 1. The number of ether oxygens (including phenoxy) is 1. The zero-order valence-electron chi connectivity index (χ0n) is 17.5. The lowest BCUT2D eigenvalue weighted by Gasteiger charge is -2.21.